The molecule has 0 aliphatic rings. The molecule has 2 aromatic rings. The standard InChI is InChI=1S/C12H10ClN3O2/c1-16-7-9(2-3-11(16)17)15-12(18)8-4-5-14-10(13)6-8/h2-7H,1H3,(H,15,18). The number of hydrogen-bond donors (Lipinski definition) is 1. The molecule has 1 N–H and O–H groups in total. The summed E-state index contributed by atoms with van der Waals surface area (Å²) >= 11 is 5.70. The molecule has 6 heteroatoms. The molecule has 5 nitrogen and oxygen atoms in total. The Morgan fingerprint density at radius 2 is 2.17 bits per heavy atom. The number of nitrogens with zero attached hydrogens (tertiary/aromatic N) is 2. The van der Waals surface area contributed by atoms with Crippen molar-refractivity contribution in [2.45, 2.75) is 0 Å². The number of pyridine rings is 2. The Bertz CT molecular complexity index is 652. The molecule has 0 aromatic carbocycles. The fourth-order valence-electron chi connectivity index (χ4n) is 1.41. The summed E-state index contributed by atoms with van der Waals surface area (Å²) in [5.74, 6) is -0.307. The van der Waals surface area contributed by atoms with Gasteiger partial charge in [-0.15, -0.1) is 0 Å². The molecule has 0 atom stereocenters. The lowest BCUT2D eigenvalue weighted by atomic mass is 10.2. The predicted octanol–water partition coefficient (Wildman–Crippen LogP) is 1.69. The highest BCUT2D eigenvalue weighted by Gasteiger charge is 2.07. The Hall–Kier alpha value is -2.14. The Kier molecular flexibility index (Phi) is 3.43. The minimum atomic E-state index is -0.307. The molecule has 92 valence electrons. The van der Waals surface area contributed by atoms with E-state index < -0.39 is 0 Å². The van der Waals surface area contributed by atoms with Crippen LogP contribution >= 0.6 is 11.6 Å². The van der Waals surface area contributed by atoms with Crippen molar-refractivity contribution in [3.8, 4) is 0 Å². The first kappa shape index (κ1) is 12.3. The smallest absolute Gasteiger partial charge is 0.255 e. The minimum Gasteiger partial charge on any atom is -0.321 e. The molecule has 2 rings (SSSR count). The van der Waals surface area contributed by atoms with Crippen molar-refractivity contribution in [2.24, 2.45) is 7.05 Å². The van der Waals surface area contributed by atoms with Gasteiger partial charge in [-0.25, -0.2) is 4.98 Å². The zero-order valence-electron chi connectivity index (χ0n) is 9.55. The van der Waals surface area contributed by atoms with Crippen molar-refractivity contribution in [1.29, 1.82) is 0 Å². The molecule has 0 fully saturated rings. The van der Waals surface area contributed by atoms with Crippen LogP contribution in [0.5, 0.6) is 0 Å². The molecule has 0 radical (unpaired) electrons. The SMILES string of the molecule is Cn1cc(NC(=O)c2ccnc(Cl)c2)ccc1=O. The van der Waals surface area contributed by atoms with E-state index in [4.69, 9.17) is 11.6 Å². The van der Waals surface area contributed by atoms with E-state index in [0.29, 0.717) is 11.3 Å². The summed E-state index contributed by atoms with van der Waals surface area (Å²) in [5.41, 5.74) is 0.804. The molecular formula is C12H10ClN3O2. The number of halogens is 1. The Balaban J connectivity index is 2.21. The van der Waals surface area contributed by atoms with Crippen LogP contribution in [0.15, 0.2) is 41.5 Å². The summed E-state index contributed by atoms with van der Waals surface area (Å²) < 4.78 is 1.38. The van der Waals surface area contributed by atoms with Crippen molar-refractivity contribution >= 4 is 23.2 Å². The molecule has 18 heavy (non-hydrogen) atoms. The first-order chi connectivity index (χ1) is 8.56. The number of carbonyl (C=O) groups excluding carboxylic acids is 1. The van der Waals surface area contributed by atoms with Crippen LogP contribution < -0.4 is 10.9 Å². The van der Waals surface area contributed by atoms with Gasteiger partial charge >= 0.3 is 0 Å². The number of aromatic nitrogens is 2. The Morgan fingerprint density at radius 3 is 2.83 bits per heavy atom. The van der Waals surface area contributed by atoms with E-state index in [1.165, 1.54) is 22.9 Å². The van der Waals surface area contributed by atoms with Crippen LogP contribution in [0.3, 0.4) is 0 Å². The van der Waals surface area contributed by atoms with Gasteiger partial charge in [0, 0.05) is 31.1 Å². The molecule has 0 aliphatic carbocycles. The van der Waals surface area contributed by atoms with Crippen LogP contribution in [0.2, 0.25) is 5.15 Å². The number of amides is 1. The fraction of sp³-hybridized carbons (Fsp3) is 0.0833. The summed E-state index contributed by atoms with van der Waals surface area (Å²) in [6, 6.07) is 5.96. The van der Waals surface area contributed by atoms with Gasteiger partial charge in [-0.05, 0) is 18.2 Å². The lowest BCUT2D eigenvalue weighted by Gasteiger charge is -2.06. The van der Waals surface area contributed by atoms with Crippen molar-refractivity contribution in [2.75, 3.05) is 5.32 Å². The molecule has 2 heterocycles. The van der Waals surface area contributed by atoms with Crippen molar-refractivity contribution < 1.29 is 4.79 Å². The molecule has 0 aliphatic heterocycles. The van der Waals surface area contributed by atoms with E-state index >= 15 is 0 Å². The zero-order valence-corrected chi connectivity index (χ0v) is 10.3. The maximum absolute atomic E-state index is 11.9. The van der Waals surface area contributed by atoms with E-state index in [2.05, 4.69) is 10.3 Å². The highest BCUT2D eigenvalue weighted by molar-refractivity contribution is 6.29. The second-order valence-corrected chi connectivity index (χ2v) is 4.08. The van der Waals surface area contributed by atoms with Gasteiger partial charge in [-0.1, -0.05) is 11.6 Å². The average Bonchev–Trinajstić information content (AvgIpc) is 2.34. The molecule has 1 amide bonds. The van der Waals surface area contributed by atoms with Gasteiger partial charge in [0.1, 0.15) is 5.15 Å². The predicted molar refractivity (Wildman–Crippen MR) is 68.9 cm³/mol. The van der Waals surface area contributed by atoms with Gasteiger partial charge in [0.2, 0.25) is 5.56 Å². The topological polar surface area (TPSA) is 64.0 Å². The van der Waals surface area contributed by atoms with Crippen LogP contribution in [0, 0.1) is 0 Å². The number of carbonyl (C=O) groups is 1. The number of aryl methyl sites for hydroxylation is 1. The lowest BCUT2D eigenvalue weighted by Crippen LogP contribution is -2.18. The van der Waals surface area contributed by atoms with E-state index in [-0.39, 0.29) is 16.6 Å². The van der Waals surface area contributed by atoms with Gasteiger partial charge in [0.05, 0.1) is 5.69 Å². The highest BCUT2D eigenvalue weighted by atomic mass is 35.5. The summed E-state index contributed by atoms with van der Waals surface area (Å²) in [6.07, 6.45) is 3.00. The van der Waals surface area contributed by atoms with E-state index in [9.17, 15) is 9.59 Å². The third kappa shape index (κ3) is 2.75. The second kappa shape index (κ2) is 5.01. The van der Waals surface area contributed by atoms with E-state index in [0.717, 1.165) is 0 Å². The zero-order chi connectivity index (χ0) is 13.1. The largest absolute Gasteiger partial charge is 0.321 e. The highest BCUT2D eigenvalue weighted by Crippen LogP contribution is 2.10. The van der Waals surface area contributed by atoms with E-state index in [1.54, 1.807) is 25.4 Å². The molecule has 0 spiro atoms. The average molecular weight is 264 g/mol. The number of nitrogens with one attached hydrogen (secondary N) is 1. The first-order valence-electron chi connectivity index (χ1n) is 5.16. The van der Waals surface area contributed by atoms with E-state index in [1.807, 2.05) is 0 Å². The second-order valence-electron chi connectivity index (χ2n) is 3.69. The molecule has 0 bridgehead atoms. The summed E-state index contributed by atoms with van der Waals surface area (Å²) in [4.78, 5) is 26.9. The maximum atomic E-state index is 11.9. The van der Waals surface area contributed by atoms with Gasteiger partial charge in [0.25, 0.3) is 5.91 Å². The summed E-state index contributed by atoms with van der Waals surface area (Å²) in [6.45, 7) is 0. The third-order valence-electron chi connectivity index (χ3n) is 2.33. The number of anilines is 1. The lowest BCUT2D eigenvalue weighted by molar-refractivity contribution is 0.102. The Labute approximate surface area is 108 Å². The quantitative estimate of drug-likeness (QED) is 0.839. The summed E-state index contributed by atoms with van der Waals surface area (Å²) in [7, 11) is 1.61. The van der Waals surface area contributed by atoms with Crippen molar-refractivity contribution in [3.63, 3.8) is 0 Å². The first-order valence-corrected chi connectivity index (χ1v) is 5.53. The minimum absolute atomic E-state index is 0.139. The number of rotatable bonds is 2. The normalized spacial score (nSPS) is 10.1. The maximum Gasteiger partial charge on any atom is 0.255 e. The molecule has 2 aromatic heterocycles. The van der Waals surface area contributed by atoms with Crippen LogP contribution in [-0.2, 0) is 7.05 Å². The van der Waals surface area contributed by atoms with Crippen molar-refractivity contribution in [3.05, 3.63) is 57.7 Å². The van der Waals surface area contributed by atoms with Crippen LogP contribution in [0.25, 0.3) is 0 Å². The summed E-state index contributed by atoms with van der Waals surface area (Å²) in [5, 5.41) is 2.92. The monoisotopic (exact) mass is 263 g/mol. The van der Waals surface area contributed by atoms with Gasteiger partial charge in [0.15, 0.2) is 0 Å². The molecular weight excluding hydrogens is 254 g/mol. The number of hydrogen-bond acceptors (Lipinski definition) is 3. The Morgan fingerprint density at radius 1 is 1.39 bits per heavy atom. The van der Waals surface area contributed by atoms with Gasteiger partial charge in [-0.2, -0.15) is 0 Å². The fourth-order valence-corrected chi connectivity index (χ4v) is 1.59. The molecule has 0 saturated carbocycles. The van der Waals surface area contributed by atoms with Gasteiger partial charge < -0.3 is 9.88 Å². The third-order valence-corrected chi connectivity index (χ3v) is 2.54. The van der Waals surface area contributed by atoms with Crippen LogP contribution in [0.4, 0.5) is 5.69 Å². The molecule has 0 saturated heterocycles. The van der Waals surface area contributed by atoms with Crippen LogP contribution in [0.1, 0.15) is 10.4 Å². The van der Waals surface area contributed by atoms with Crippen molar-refractivity contribution in [1.82, 2.24) is 9.55 Å². The molecule has 0 unspecified atom stereocenters. The van der Waals surface area contributed by atoms with Crippen LogP contribution in [-0.4, -0.2) is 15.5 Å². The van der Waals surface area contributed by atoms with Gasteiger partial charge in [-0.3, -0.25) is 9.59 Å².